The lowest BCUT2D eigenvalue weighted by Crippen LogP contribution is -2.03. The third kappa shape index (κ3) is 1.48. The number of benzene rings is 2. The van der Waals surface area contributed by atoms with E-state index in [0.29, 0.717) is 27.8 Å². The first-order valence-electron chi connectivity index (χ1n) is 6.24. The van der Waals surface area contributed by atoms with Gasteiger partial charge in [0.25, 0.3) is 0 Å². The number of nitrogen functional groups attached to an aromatic ring is 1. The Bertz CT molecular complexity index is 1030. The zero-order valence-corrected chi connectivity index (χ0v) is 10.5. The molecule has 0 saturated heterocycles. The third-order valence-electron chi connectivity index (χ3n) is 3.39. The van der Waals surface area contributed by atoms with Gasteiger partial charge in [0.2, 0.25) is 11.1 Å². The van der Waals surface area contributed by atoms with Crippen molar-refractivity contribution in [3.63, 3.8) is 0 Å². The van der Waals surface area contributed by atoms with Crippen LogP contribution in [0.5, 0.6) is 0 Å². The second kappa shape index (κ2) is 3.81. The van der Waals surface area contributed by atoms with Crippen LogP contribution < -0.4 is 11.2 Å². The van der Waals surface area contributed by atoms with Gasteiger partial charge >= 0.3 is 0 Å². The van der Waals surface area contributed by atoms with Crippen molar-refractivity contribution in [1.29, 1.82) is 0 Å². The predicted molar refractivity (Wildman–Crippen MR) is 79.7 cm³/mol. The van der Waals surface area contributed by atoms with Crippen molar-refractivity contribution in [1.82, 2.24) is 4.98 Å². The maximum Gasteiger partial charge on any atom is 0.231 e. The standard InChI is InChI=1S/C16H10N2O2/c17-10-6-5-9-7-12-15(19)11-3-1-2-4-14(11)20-16(12)18-13(9)8-10/h1-8H,17H2. The van der Waals surface area contributed by atoms with Gasteiger partial charge in [-0.15, -0.1) is 0 Å². The zero-order chi connectivity index (χ0) is 13.7. The fourth-order valence-corrected chi connectivity index (χ4v) is 2.40. The number of pyridine rings is 1. The van der Waals surface area contributed by atoms with E-state index in [1.807, 2.05) is 18.2 Å². The first-order chi connectivity index (χ1) is 9.72. The number of hydrogen-bond acceptors (Lipinski definition) is 4. The summed E-state index contributed by atoms with van der Waals surface area (Å²) in [5, 5.41) is 1.92. The molecule has 0 fully saturated rings. The average molecular weight is 262 g/mol. The van der Waals surface area contributed by atoms with Crippen LogP contribution in [0, 0.1) is 0 Å². The van der Waals surface area contributed by atoms with Crippen molar-refractivity contribution < 1.29 is 4.42 Å². The van der Waals surface area contributed by atoms with E-state index in [4.69, 9.17) is 10.2 Å². The van der Waals surface area contributed by atoms with E-state index >= 15 is 0 Å². The number of fused-ring (bicyclic) bond motifs is 3. The first kappa shape index (κ1) is 11.0. The fourth-order valence-electron chi connectivity index (χ4n) is 2.40. The van der Waals surface area contributed by atoms with Gasteiger partial charge in [0, 0.05) is 11.1 Å². The number of nitrogens with zero attached hydrogens (tertiary/aromatic N) is 1. The molecule has 0 aliphatic heterocycles. The van der Waals surface area contributed by atoms with Crippen LogP contribution in [0.2, 0.25) is 0 Å². The third-order valence-corrected chi connectivity index (χ3v) is 3.39. The van der Waals surface area contributed by atoms with E-state index in [1.54, 1.807) is 30.3 Å². The number of rotatable bonds is 0. The topological polar surface area (TPSA) is 69.1 Å². The maximum atomic E-state index is 12.5. The number of anilines is 1. The molecule has 4 rings (SSSR count). The van der Waals surface area contributed by atoms with Gasteiger partial charge in [-0.3, -0.25) is 4.79 Å². The molecule has 2 N–H and O–H groups in total. The average Bonchev–Trinajstić information content (AvgIpc) is 2.46. The van der Waals surface area contributed by atoms with Crippen LogP contribution in [0.25, 0.3) is 33.0 Å². The van der Waals surface area contributed by atoms with Crippen molar-refractivity contribution in [3.8, 4) is 0 Å². The Hall–Kier alpha value is -2.88. The van der Waals surface area contributed by atoms with Crippen molar-refractivity contribution in [3.05, 3.63) is 58.8 Å². The molecule has 4 heteroatoms. The van der Waals surface area contributed by atoms with Crippen molar-refractivity contribution >= 4 is 38.7 Å². The Kier molecular flexibility index (Phi) is 2.09. The molecule has 0 aliphatic carbocycles. The highest BCUT2D eigenvalue weighted by Crippen LogP contribution is 2.22. The largest absolute Gasteiger partial charge is 0.437 e. The summed E-state index contributed by atoms with van der Waals surface area (Å²) in [5.41, 5.74) is 7.93. The quantitative estimate of drug-likeness (QED) is 0.390. The van der Waals surface area contributed by atoms with Crippen molar-refractivity contribution in [2.45, 2.75) is 0 Å². The summed E-state index contributed by atoms with van der Waals surface area (Å²) < 4.78 is 5.72. The van der Waals surface area contributed by atoms with Crippen LogP contribution >= 0.6 is 0 Å². The number of hydrogen-bond donors (Lipinski definition) is 1. The molecular weight excluding hydrogens is 252 g/mol. The fraction of sp³-hybridized carbons (Fsp3) is 0. The van der Waals surface area contributed by atoms with Crippen molar-refractivity contribution in [2.75, 3.05) is 5.73 Å². The Labute approximate surface area is 113 Å². The lowest BCUT2D eigenvalue weighted by Gasteiger charge is -2.03. The van der Waals surface area contributed by atoms with Crippen LogP contribution in [-0.4, -0.2) is 4.98 Å². The normalized spacial score (nSPS) is 11.4. The number of aromatic nitrogens is 1. The molecule has 2 aromatic carbocycles. The lowest BCUT2D eigenvalue weighted by atomic mass is 10.1. The Morgan fingerprint density at radius 3 is 2.75 bits per heavy atom. The minimum atomic E-state index is -0.0620. The van der Waals surface area contributed by atoms with Crippen LogP contribution in [0.15, 0.2) is 57.7 Å². The lowest BCUT2D eigenvalue weighted by molar-refractivity contribution is 0.647. The molecule has 0 amide bonds. The zero-order valence-electron chi connectivity index (χ0n) is 10.5. The molecule has 2 heterocycles. The molecule has 0 saturated carbocycles. The highest BCUT2D eigenvalue weighted by atomic mass is 16.3. The Balaban J connectivity index is 2.25. The highest BCUT2D eigenvalue weighted by Gasteiger charge is 2.09. The summed E-state index contributed by atoms with van der Waals surface area (Å²) in [7, 11) is 0. The molecule has 0 aliphatic rings. The maximum absolute atomic E-state index is 12.5. The summed E-state index contributed by atoms with van der Waals surface area (Å²) in [6.45, 7) is 0. The summed E-state index contributed by atoms with van der Waals surface area (Å²) in [6, 6.07) is 14.4. The predicted octanol–water partition coefficient (Wildman–Crippen LogP) is 3.08. The molecule has 20 heavy (non-hydrogen) atoms. The van der Waals surface area contributed by atoms with E-state index in [0.717, 1.165) is 10.9 Å². The summed E-state index contributed by atoms with van der Waals surface area (Å²) >= 11 is 0. The van der Waals surface area contributed by atoms with Crippen LogP contribution in [-0.2, 0) is 0 Å². The highest BCUT2D eigenvalue weighted by molar-refractivity contribution is 5.95. The van der Waals surface area contributed by atoms with Gasteiger partial charge in [0.05, 0.1) is 16.3 Å². The van der Waals surface area contributed by atoms with Crippen LogP contribution in [0.1, 0.15) is 0 Å². The molecule has 0 unspecified atom stereocenters. The minimum absolute atomic E-state index is 0.0620. The van der Waals surface area contributed by atoms with Crippen LogP contribution in [0.4, 0.5) is 5.69 Å². The van der Waals surface area contributed by atoms with Gasteiger partial charge in [-0.25, -0.2) is 4.98 Å². The molecule has 0 atom stereocenters. The molecule has 4 aromatic rings. The molecule has 0 bridgehead atoms. The van der Waals surface area contributed by atoms with E-state index in [2.05, 4.69) is 4.98 Å². The van der Waals surface area contributed by atoms with E-state index < -0.39 is 0 Å². The minimum Gasteiger partial charge on any atom is -0.437 e. The SMILES string of the molecule is Nc1ccc2cc3c(=O)c4ccccc4oc3nc2c1. The number of para-hydroxylation sites is 1. The summed E-state index contributed by atoms with van der Waals surface area (Å²) in [6.07, 6.45) is 0. The van der Waals surface area contributed by atoms with Gasteiger partial charge in [-0.05, 0) is 30.3 Å². The van der Waals surface area contributed by atoms with Gasteiger partial charge in [-0.2, -0.15) is 0 Å². The smallest absolute Gasteiger partial charge is 0.231 e. The van der Waals surface area contributed by atoms with Gasteiger partial charge in [0.1, 0.15) is 5.58 Å². The summed E-state index contributed by atoms with van der Waals surface area (Å²) in [4.78, 5) is 16.9. The van der Waals surface area contributed by atoms with Crippen LogP contribution in [0.3, 0.4) is 0 Å². The van der Waals surface area contributed by atoms with E-state index in [9.17, 15) is 4.79 Å². The van der Waals surface area contributed by atoms with Gasteiger partial charge in [-0.1, -0.05) is 18.2 Å². The van der Waals surface area contributed by atoms with Crippen molar-refractivity contribution in [2.24, 2.45) is 0 Å². The monoisotopic (exact) mass is 262 g/mol. The summed E-state index contributed by atoms with van der Waals surface area (Å²) in [5.74, 6) is 0. The number of nitrogens with two attached hydrogens (primary N) is 1. The molecule has 2 aromatic heterocycles. The van der Waals surface area contributed by atoms with Gasteiger partial charge in [0.15, 0.2) is 0 Å². The Morgan fingerprint density at radius 1 is 1.00 bits per heavy atom. The molecule has 0 radical (unpaired) electrons. The Morgan fingerprint density at radius 2 is 1.85 bits per heavy atom. The first-order valence-corrected chi connectivity index (χ1v) is 6.24. The second-order valence-electron chi connectivity index (χ2n) is 4.72. The molecule has 4 nitrogen and oxygen atoms in total. The van der Waals surface area contributed by atoms with E-state index in [-0.39, 0.29) is 5.43 Å². The molecule has 96 valence electrons. The molecular formula is C16H10N2O2. The van der Waals surface area contributed by atoms with E-state index in [1.165, 1.54) is 0 Å². The van der Waals surface area contributed by atoms with Gasteiger partial charge < -0.3 is 10.2 Å². The second-order valence-corrected chi connectivity index (χ2v) is 4.72. The molecule has 0 spiro atoms.